The number of nitrogens with one attached hydrogen (secondary N) is 3. The van der Waals surface area contributed by atoms with Crippen molar-refractivity contribution in [2.24, 2.45) is 5.73 Å². The number of likely N-dealkylation sites (N-methyl/N-ethyl adjacent to an activating group) is 3. The largest absolute Gasteiger partial charge is 0.358 e. The van der Waals surface area contributed by atoms with E-state index < -0.39 is 11.1 Å². The molecule has 0 aromatic carbocycles. The molecule has 0 radical (unpaired) electrons. The molecule has 0 saturated heterocycles. The van der Waals surface area contributed by atoms with Crippen LogP contribution in [0.15, 0.2) is 12.2 Å². The fourth-order valence-corrected chi connectivity index (χ4v) is 2.42. The zero-order chi connectivity index (χ0) is 17.9. The van der Waals surface area contributed by atoms with Gasteiger partial charge in [0.05, 0.1) is 11.1 Å². The number of rotatable bonds is 11. The van der Waals surface area contributed by atoms with Crippen molar-refractivity contribution in [3.8, 4) is 0 Å². The van der Waals surface area contributed by atoms with E-state index in [1.165, 1.54) is 0 Å². The maximum atomic E-state index is 11.8. The molecule has 6 heteroatoms. The van der Waals surface area contributed by atoms with E-state index in [2.05, 4.69) is 28.1 Å². The Morgan fingerprint density at radius 2 is 1.43 bits per heavy atom. The van der Waals surface area contributed by atoms with Crippen molar-refractivity contribution in [1.82, 2.24) is 16.0 Å². The van der Waals surface area contributed by atoms with Crippen molar-refractivity contribution in [1.29, 1.82) is 0 Å². The first kappa shape index (κ1) is 21.6. The molecular weight excluding hydrogens is 292 g/mol. The minimum atomic E-state index is -0.801. The Morgan fingerprint density at radius 3 is 1.87 bits per heavy atom. The Hall–Kier alpha value is -1.40. The van der Waals surface area contributed by atoms with Crippen LogP contribution >= 0.6 is 0 Å². The molecule has 5 N–H and O–H groups in total. The minimum absolute atomic E-state index is 0. The van der Waals surface area contributed by atoms with Crippen LogP contribution in [0.5, 0.6) is 0 Å². The van der Waals surface area contributed by atoms with Crippen molar-refractivity contribution in [3.63, 3.8) is 0 Å². The molecule has 0 rings (SSSR count). The van der Waals surface area contributed by atoms with Gasteiger partial charge in [0.1, 0.15) is 0 Å². The van der Waals surface area contributed by atoms with Gasteiger partial charge in [0.15, 0.2) is 0 Å². The third-order valence-corrected chi connectivity index (χ3v) is 4.31. The molecule has 0 aromatic heterocycles. The Kier molecular flexibility index (Phi) is 9.76. The highest BCUT2D eigenvalue weighted by Gasteiger charge is 2.29. The zero-order valence-corrected chi connectivity index (χ0v) is 15.3. The van der Waals surface area contributed by atoms with Gasteiger partial charge in [-0.3, -0.25) is 9.59 Å². The van der Waals surface area contributed by atoms with Crippen LogP contribution in [0.3, 0.4) is 0 Å². The summed E-state index contributed by atoms with van der Waals surface area (Å²) in [5.41, 5.74) is 4.64. The zero-order valence-electron chi connectivity index (χ0n) is 15.3. The summed E-state index contributed by atoms with van der Waals surface area (Å²) in [5, 5.41) is 8.36. The molecule has 0 heterocycles. The number of carbonyl (C=O) groups excluding carboxylic acids is 2. The van der Waals surface area contributed by atoms with Gasteiger partial charge in [0, 0.05) is 19.8 Å². The molecule has 0 saturated carbocycles. The van der Waals surface area contributed by atoms with E-state index in [1.54, 1.807) is 28.1 Å². The lowest BCUT2D eigenvalue weighted by molar-refractivity contribution is -0.127. The van der Waals surface area contributed by atoms with Crippen LogP contribution in [-0.2, 0) is 9.59 Å². The predicted molar refractivity (Wildman–Crippen MR) is 103 cm³/mol. The molecule has 0 bridgehead atoms. The monoisotopic (exact) mass is 334 g/mol. The van der Waals surface area contributed by atoms with E-state index in [4.69, 9.17) is 5.73 Å². The second-order valence-corrected chi connectivity index (χ2v) is 6.41. The maximum absolute atomic E-state index is 11.8. The summed E-state index contributed by atoms with van der Waals surface area (Å²) in [6.45, 7) is 3.67. The number of hydrogen-bond acceptors (Lipinski definition) is 4. The Morgan fingerprint density at radius 1 is 0.957 bits per heavy atom. The van der Waals surface area contributed by atoms with Crippen molar-refractivity contribution in [3.05, 3.63) is 12.2 Å². The highest BCUT2D eigenvalue weighted by atomic mass is 16.2. The van der Waals surface area contributed by atoms with E-state index in [9.17, 15) is 9.59 Å². The van der Waals surface area contributed by atoms with Crippen LogP contribution in [0.4, 0.5) is 0 Å². The molecule has 0 aromatic rings. The van der Waals surface area contributed by atoms with Crippen LogP contribution in [0, 0.1) is 0 Å². The summed E-state index contributed by atoms with van der Waals surface area (Å²) in [6.07, 6.45) is 9.35. The summed E-state index contributed by atoms with van der Waals surface area (Å²) >= 11 is 0. The summed E-state index contributed by atoms with van der Waals surface area (Å²) in [7, 11) is 5.06. The first-order valence-electron chi connectivity index (χ1n) is 8.30. The van der Waals surface area contributed by atoms with Crippen LogP contribution in [0.1, 0.15) is 58.1 Å². The van der Waals surface area contributed by atoms with Crippen molar-refractivity contribution in [2.45, 2.75) is 63.5 Å². The quantitative estimate of drug-likeness (QED) is 0.343. The lowest BCUT2D eigenvalue weighted by atomic mass is 9.93. The highest BCUT2D eigenvalue weighted by molar-refractivity contribution is 5.85. The van der Waals surface area contributed by atoms with Gasteiger partial charge in [-0.1, -0.05) is 12.2 Å². The van der Waals surface area contributed by atoms with Crippen LogP contribution < -0.4 is 21.7 Å². The van der Waals surface area contributed by atoms with E-state index in [-0.39, 0.29) is 17.5 Å². The molecular formula is C17H42N4O2. The van der Waals surface area contributed by atoms with Gasteiger partial charge >= 0.3 is 0 Å². The average Bonchev–Trinajstić information content (AvgIpc) is 2.55. The number of carbonyl (C=O) groups is 2. The first-order chi connectivity index (χ1) is 10.7. The van der Waals surface area contributed by atoms with Crippen molar-refractivity contribution >= 4 is 11.8 Å². The van der Waals surface area contributed by atoms with E-state index in [0.717, 1.165) is 32.1 Å². The van der Waals surface area contributed by atoms with E-state index in [1.807, 2.05) is 6.92 Å². The molecule has 0 fully saturated rings. The minimum Gasteiger partial charge on any atom is -0.358 e. The molecule has 6 nitrogen and oxygen atoms in total. The van der Waals surface area contributed by atoms with Gasteiger partial charge in [-0.25, -0.2) is 0 Å². The fraction of sp³-hybridized carbons (Fsp3) is 0.765. The summed E-state index contributed by atoms with van der Waals surface area (Å²) in [5.74, 6) is -0.109. The Balaban J connectivity index is -0.000000403. The SMILES string of the molecule is CNC(=O)[C@@](C)(N)CCC/C=C/CCC[C@](C)(NC)C(=O)NC.[HH].[HH].[HH].[HH]. The second-order valence-electron chi connectivity index (χ2n) is 6.41. The molecule has 0 aliphatic rings. The van der Waals surface area contributed by atoms with Crippen molar-refractivity contribution < 1.29 is 15.3 Å². The van der Waals surface area contributed by atoms with Gasteiger partial charge in [-0.2, -0.15) is 0 Å². The first-order valence-corrected chi connectivity index (χ1v) is 8.30. The normalized spacial score (nSPS) is 16.6. The summed E-state index contributed by atoms with van der Waals surface area (Å²) in [6, 6.07) is 0. The Bertz CT molecular complexity index is 424. The highest BCUT2D eigenvalue weighted by Crippen LogP contribution is 2.15. The molecule has 0 spiro atoms. The molecule has 2 atom stereocenters. The standard InChI is InChI=1S/C17H34N4O2.4H2/c1-16(18,14(22)19-3)12-10-8-6-7-9-11-13-17(2,21-5)15(23)20-4;;;;/h6-7,21H,8-13,18H2,1-5H3,(H,19,22)(H,20,23);4*1H/b7-6+;;;;/t16-,17-;;;;/m0..../s1. The van der Waals surface area contributed by atoms with Crippen LogP contribution in [-0.4, -0.2) is 44.0 Å². The van der Waals surface area contributed by atoms with E-state index in [0.29, 0.717) is 6.42 Å². The van der Waals surface area contributed by atoms with Crippen LogP contribution in [0.2, 0.25) is 0 Å². The number of unbranched alkanes of at least 4 members (excludes halogenated alkanes) is 2. The van der Waals surface area contributed by atoms with Gasteiger partial charge in [0.25, 0.3) is 0 Å². The van der Waals surface area contributed by atoms with Crippen molar-refractivity contribution in [2.75, 3.05) is 21.1 Å². The van der Waals surface area contributed by atoms with E-state index >= 15 is 0 Å². The van der Waals surface area contributed by atoms with Gasteiger partial charge < -0.3 is 21.7 Å². The topological polar surface area (TPSA) is 96.2 Å². The third-order valence-electron chi connectivity index (χ3n) is 4.31. The lowest BCUT2D eigenvalue weighted by Gasteiger charge is -2.26. The predicted octanol–water partition coefficient (Wildman–Crippen LogP) is 2.05. The lowest BCUT2D eigenvalue weighted by Crippen LogP contribution is -2.52. The molecule has 2 amide bonds. The smallest absolute Gasteiger partial charge is 0.239 e. The van der Waals surface area contributed by atoms with Crippen LogP contribution in [0.25, 0.3) is 0 Å². The third kappa shape index (κ3) is 7.61. The average molecular weight is 335 g/mol. The molecule has 0 aliphatic heterocycles. The number of allylic oxidation sites excluding steroid dienone is 2. The van der Waals surface area contributed by atoms with Gasteiger partial charge in [0.2, 0.25) is 11.8 Å². The fourth-order valence-electron chi connectivity index (χ4n) is 2.42. The van der Waals surface area contributed by atoms with Gasteiger partial charge in [-0.05, 0) is 59.4 Å². The number of hydrogen-bond donors (Lipinski definition) is 4. The molecule has 142 valence electrons. The maximum Gasteiger partial charge on any atom is 0.239 e. The molecule has 23 heavy (non-hydrogen) atoms. The van der Waals surface area contributed by atoms with Gasteiger partial charge in [-0.15, -0.1) is 0 Å². The second kappa shape index (κ2) is 10.4. The number of nitrogens with two attached hydrogens (primary N) is 1. The number of amides is 2. The molecule has 0 aliphatic carbocycles. The summed E-state index contributed by atoms with van der Waals surface area (Å²) < 4.78 is 0. The summed E-state index contributed by atoms with van der Waals surface area (Å²) in [4.78, 5) is 23.4. The Labute approximate surface area is 146 Å². The molecule has 0 unspecified atom stereocenters.